The van der Waals surface area contributed by atoms with Crippen LogP contribution in [0.25, 0.3) is 10.3 Å². The minimum absolute atomic E-state index is 0.479. The smallest absolute Gasteiger partial charge is 0.182 e. The first-order valence-corrected chi connectivity index (χ1v) is 5.20. The SMILES string of the molecule is CCCc1nc(N)c2sc(N)nc2n1. The standard InChI is InChI=1S/C8H11N5S/c1-2-3-4-11-6(9)5-7(12-4)13-8(10)14-5/h2-3H2,1H3,(H4,9,10,11,12,13). The van der Waals surface area contributed by atoms with Crippen molar-refractivity contribution < 1.29 is 0 Å². The van der Waals surface area contributed by atoms with Gasteiger partial charge in [-0.25, -0.2) is 15.0 Å². The Kier molecular flexibility index (Phi) is 2.20. The van der Waals surface area contributed by atoms with Gasteiger partial charge in [-0.1, -0.05) is 18.3 Å². The van der Waals surface area contributed by atoms with Gasteiger partial charge in [0.25, 0.3) is 0 Å². The predicted molar refractivity (Wildman–Crippen MR) is 58.0 cm³/mol. The Balaban J connectivity index is 2.59. The van der Waals surface area contributed by atoms with Crippen molar-refractivity contribution in [3.63, 3.8) is 0 Å². The summed E-state index contributed by atoms with van der Waals surface area (Å²) in [5.74, 6) is 1.22. The molecular formula is C8H11N5S. The van der Waals surface area contributed by atoms with Crippen LogP contribution < -0.4 is 11.5 Å². The van der Waals surface area contributed by atoms with Gasteiger partial charge in [-0.05, 0) is 6.42 Å². The van der Waals surface area contributed by atoms with Crippen molar-refractivity contribution in [1.82, 2.24) is 15.0 Å². The third-order valence-corrected chi connectivity index (χ3v) is 2.71. The molecule has 2 aromatic heterocycles. The summed E-state index contributed by atoms with van der Waals surface area (Å²) in [6.45, 7) is 2.07. The molecule has 2 rings (SSSR count). The molecule has 0 unspecified atom stereocenters. The van der Waals surface area contributed by atoms with Crippen molar-refractivity contribution in [1.29, 1.82) is 0 Å². The highest BCUT2D eigenvalue weighted by Crippen LogP contribution is 2.26. The molecule has 0 atom stereocenters. The lowest BCUT2D eigenvalue weighted by Gasteiger charge is -1.98. The van der Waals surface area contributed by atoms with Gasteiger partial charge in [0.1, 0.15) is 16.3 Å². The molecule has 0 bridgehead atoms. The summed E-state index contributed by atoms with van der Waals surface area (Å²) < 4.78 is 0.780. The van der Waals surface area contributed by atoms with Gasteiger partial charge in [0.15, 0.2) is 10.8 Å². The zero-order valence-electron chi connectivity index (χ0n) is 7.82. The quantitative estimate of drug-likeness (QED) is 0.775. The lowest BCUT2D eigenvalue weighted by Crippen LogP contribution is -1.99. The van der Waals surface area contributed by atoms with Crippen LogP contribution in [0.2, 0.25) is 0 Å². The second-order valence-corrected chi connectivity index (χ2v) is 4.01. The van der Waals surface area contributed by atoms with E-state index < -0.39 is 0 Å². The molecular weight excluding hydrogens is 198 g/mol. The molecule has 74 valence electrons. The minimum atomic E-state index is 0.479. The van der Waals surface area contributed by atoms with Crippen LogP contribution >= 0.6 is 11.3 Å². The van der Waals surface area contributed by atoms with Gasteiger partial charge >= 0.3 is 0 Å². The van der Waals surface area contributed by atoms with E-state index in [9.17, 15) is 0 Å². The number of aromatic nitrogens is 3. The van der Waals surface area contributed by atoms with E-state index in [0.717, 1.165) is 23.4 Å². The van der Waals surface area contributed by atoms with Crippen molar-refractivity contribution >= 4 is 32.6 Å². The monoisotopic (exact) mass is 209 g/mol. The summed E-state index contributed by atoms with van der Waals surface area (Å²) in [6.07, 6.45) is 1.81. The number of aryl methyl sites for hydroxylation is 1. The van der Waals surface area contributed by atoms with Gasteiger partial charge in [0.05, 0.1) is 0 Å². The molecule has 0 aliphatic heterocycles. The highest BCUT2D eigenvalue weighted by molar-refractivity contribution is 7.22. The molecule has 0 aliphatic carbocycles. The second kappa shape index (κ2) is 3.38. The molecule has 0 saturated heterocycles. The Morgan fingerprint density at radius 3 is 2.71 bits per heavy atom. The first kappa shape index (κ1) is 9.14. The molecule has 4 N–H and O–H groups in total. The average Bonchev–Trinajstić information content (AvgIpc) is 2.47. The molecule has 14 heavy (non-hydrogen) atoms. The maximum absolute atomic E-state index is 5.76. The highest BCUT2D eigenvalue weighted by Gasteiger charge is 2.09. The Bertz CT molecular complexity index is 464. The number of nitrogens with two attached hydrogens (primary N) is 2. The zero-order chi connectivity index (χ0) is 10.1. The highest BCUT2D eigenvalue weighted by atomic mass is 32.1. The fraction of sp³-hybridized carbons (Fsp3) is 0.375. The predicted octanol–water partition coefficient (Wildman–Crippen LogP) is 1.20. The summed E-state index contributed by atoms with van der Waals surface area (Å²) in [4.78, 5) is 12.5. The molecule has 2 aromatic rings. The summed E-state index contributed by atoms with van der Waals surface area (Å²) in [5.41, 5.74) is 11.9. The zero-order valence-corrected chi connectivity index (χ0v) is 8.64. The topological polar surface area (TPSA) is 90.7 Å². The van der Waals surface area contributed by atoms with E-state index in [1.807, 2.05) is 0 Å². The molecule has 0 radical (unpaired) electrons. The van der Waals surface area contributed by atoms with Gasteiger partial charge in [-0.3, -0.25) is 0 Å². The van der Waals surface area contributed by atoms with Gasteiger partial charge in [-0.2, -0.15) is 0 Å². The Morgan fingerprint density at radius 2 is 2.00 bits per heavy atom. The van der Waals surface area contributed by atoms with Crippen LogP contribution in [0.3, 0.4) is 0 Å². The molecule has 5 nitrogen and oxygen atoms in total. The molecule has 6 heteroatoms. The number of hydrogen-bond donors (Lipinski definition) is 2. The number of rotatable bonds is 2. The number of fused-ring (bicyclic) bond motifs is 1. The fourth-order valence-electron chi connectivity index (χ4n) is 1.24. The van der Waals surface area contributed by atoms with Gasteiger partial charge in [0.2, 0.25) is 0 Å². The van der Waals surface area contributed by atoms with Gasteiger partial charge in [-0.15, -0.1) is 0 Å². The van der Waals surface area contributed by atoms with Crippen molar-refractivity contribution in [2.75, 3.05) is 11.5 Å². The van der Waals surface area contributed by atoms with E-state index >= 15 is 0 Å². The summed E-state index contributed by atoms with van der Waals surface area (Å²) in [7, 11) is 0. The fourth-order valence-corrected chi connectivity index (χ4v) is 1.92. The van der Waals surface area contributed by atoms with Gasteiger partial charge < -0.3 is 11.5 Å². The van der Waals surface area contributed by atoms with E-state index in [2.05, 4.69) is 21.9 Å². The lowest BCUT2D eigenvalue weighted by molar-refractivity contribution is 0.845. The summed E-state index contributed by atoms with van der Waals surface area (Å²) >= 11 is 1.32. The number of nitrogens with zero attached hydrogens (tertiary/aromatic N) is 3. The Morgan fingerprint density at radius 1 is 1.21 bits per heavy atom. The summed E-state index contributed by atoms with van der Waals surface area (Å²) in [6, 6.07) is 0. The normalized spacial score (nSPS) is 10.9. The largest absolute Gasteiger partial charge is 0.382 e. The number of hydrogen-bond acceptors (Lipinski definition) is 6. The van der Waals surface area contributed by atoms with E-state index in [1.54, 1.807) is 0 Å². The van der Waals surface area contributed by atoms with Crippen LogP contribution in [-0.4, -0.2) is 15.0 Å². The molecule has 2 heterocycles. The van der Waals surface area contributed by atoms with Gasteiger partial charge in [0, 0.05) is 6.42 Å². The lowest BCUT2D eigenvalue weighted by atomic mass is 10.3. The average molecular weight is 209 g/mol. The number of nitrogen functional groups attached to an aromatic ring is 2. The van der Waals surface area contributed by atoms with Crippen LogP contribution in [0.1, 0.15) is 19.2 Å². The molecule has 0 saturated carbocycles. The van der Waals surface area contributed by atoms with Crippen LogP contribution in [0, 0.1) is 0 Å². The number of anilines is 2. The van der Waals surface area contributed by atoms with E-state index in [4.69, 9.17) is 11.5 Å². The van der Waals surface area contributed by atoms with Crippen LogP contribution in [0.4, 0.5) is 10.9 Å². The first-order chi connectivity index (χ1) is 6.70. The number of thiazole rings is 1. The van der Waals surface area contributed by atoms with E-state index in [1.165, 1.54) is 11.3 Å². The van der Waals surface area contributed by atoms with Crippen molar-refractivity contribution in [2.45, 2.75) is 19.8 Å². The molecule has 0 aliphatic rings. The Hall–Kier alpha value is -1.43. The molecule has 0 amide bonds. The summed E-state index contributed by atoms with van der Waals surface area (Å²) in [5, 5.41) is 0.481. The van der Waals surface area contributed by atoms with Crippen molar-refractivity contribution in [3.8, 4) is 0 Å². The third kappa shape index (κ3) is 1.48. The Labute approximate surface area is 85.2 Å². The van der Waals surface area contributed by atoms with E-state index in [-0.39, 0.29) is 0 Å². The minimum Gasteiger partial charge on any atom is -0.382 e. The first-order valence-electron chi connectivity index (χ1n) is 4.39. The van der Waals surface area contributed by atoms with Crippen LogP contribution in [0.5, 0.6) is 0 Å². The maximum Gasteiger partial charge on any atom is 0.182 e. The van der Waals surface area contributed by atoms with Crippen LogP contribution in [-0.2, 0) is 6.42 Å². The molecule has 0 spiro atoms. The molecule has 0 aromatic carbocycles. The molecule has 0 fully saturated rings. The van der Waals surface area contributed by atoms with Crippen LogP contribution in [0.15, 0.2) is 0 Å². The maximum atomic E-state index is 5.76. The third-order valence-electron chi connectivity index (χ3n) is 1.82. The van der Waals surface area contributed by atoms with Crippen molar-refractivity contribution in [2.24, 2.45) is 0 Å². The van der Waals surface area contributed by atoms with E-state index in [0.29, 0.717) is 16.6 Å². The second-order valence-electron chi connectivity index (χ2n) is 2.98. The van der Waals surface area contributed by atoms with Crippen molar-refractivity contribution in [3.05, 3.63) is 5.82 Å².